The fourth-order valence-electron chi connectivity index (χ4n) is 4.82. The number of Topliss-reactive ketones (excluding diaryl/α,β-unsaturated/α-hetero) is 1. The molecule has 7 nitrogen and oxygen atoms in total. The van der Waals surface area contributed by atoms with Crippen LogP contribution in [0.3, 0.4) is 0 Å². The Balaban J connectivity index is 1.34. The van der Waals surface area contributed by atoms with Gasteiger partial charge < -0.3 is 4.90 Å². The van der Waals surface area contributed by atoms with Crippen LogP contribution in [-0.4, -0.2) is 44.0 Å². The molecule has 4 rings (SSSR count). The molecular formula is C23H30N4O3. The molecule has 1 aliphatic heterocycles. The normalized spacial score (nSPS) is 18.1. The van der Waals surface area contributed by atoms with Crippen LogP contribution in [0, 0.1) is 0 Å². The van der Waals surface area contributed by atoms with Crippen LogP contribution >= 0.6 is 0 Å². The number of piperidine rings is 1. The summed E-state index contributed by atoms with van der Waals surface area (Å²) in [6, 6.07) is 9.39. The van der Waals surface area contributed by atoms with Gasteiger partial charge in [0.05, 0.1) is 0 Å². The van der Waals surface area contributed by atoms with E-state index < -0.39 is 0 Å². The van der Waals surface area contributed by atoms with E-state index in [4.69, 9.17) is 0 Å². The van der Waals surface area contributed by atoms with Crippen LogP contribution in [0.15, 0.2) is 35.1 Å². The topological polar surface area (TPSA) is 77.2 Å². The molecule has 30 heavy (non-hydrogen) atoms. The van der Waals surface area contributed by atoms with Crippen molar-refractivity contribution < 1.29 is 9.59 Å². The molecule has 0 atom stereocenters. The van der Waals surface area contributed by atoms with Crippen molar-refractivity contribution >= 4 is 11.7 Å². The van der Waals surface area contributed by atoms with E-state index >= 15 is 0 Å². The summed E-state index contributed by atoms with van der Waals surface area (Å²) in [4.78, 5) is 39.3. The number of hydrogen-bond donors (Lipinski definition) is 0. The minimum Gasteiger partial charge on any atom is -0.343 e. The van der Waals surface area contributed by atoms with Gasteiger partial charge in [0.1, 0.15) is 5.82 Å². The maximum Gasteiger partial charge on any atom is 0.345 e. The third kappa shape index (κ3) is 4.25. The van der Waals surface area contributed by atoms with Gasteiger partial charge in [-0.3, -0.25) is 14.2 Å². The largest absolute Gasteiger partial charge is 0.345 e. The number of aryl methyl sites for hydroxylation is 1. The van der Waals surface area contributed by atoms with E-state index in [1.807, 2.05) is 27.7 Å². The summed E-state index contributed by atoms with van der Waals surface area (Å²) in [6.45, 7) is 1.30. The van der Waals surface area contributed by atoms with Gasteiger partial charge in [-0.1, -0.05) is 43.2 Å². The van der Waals surface area contributed by atoms with Crippen molar-refractivity contribution in [2.24, 2.45) is 7.05 Å². The highest BCUT2D eigenvalue weighted by atomic mass is 16.2. The lowest BCUT2D eigenvalue weighted by atomic mass is 9.95. The van der Waals surface area contributed by atoms with Crippen LogP contribution < -0.4 is 5.69 Å². The maximum atomic E-state index is 12.6. The second-order valence-corrected chi connectivity index (χ2v) is 8.52. The molecule has 1 saturated carbocycles. The summed E-state index contributed by atoms with van der Waals surface area (Å²) >= 11 is 0. The molecule has 0 radical (unpaired) electrons. The second-order valence-electron chi connectivity index (χ2n) is 8.52. The first kappa shape index (κ1) is 20.6. The number of nitrogens with zero attached hydrogens (tertiary/aromatic N) is 4. The monoisotopic (exact) mass is 410 g/mol. The predicted molar refractivity (Wildman–Crippen MR) is 114 cm³/mol. The van der Waals surface area contributed by atoms with Gasteiger partial charge in [0.25, 0.3) is 0 Å². The van der Waals surface area contributed by atoms with Crippen LogP contribution in [0.2, 0.25) is 0 Å². The number of carbonyl (C=O) groups is 2. The fraction of sp³-hybridized carbons (Fsp3) is 0.565. The molecule has 0 N–H and O–H groups in total. The van der Waals surface area contributed by atoms with Crippen LogP contribution in [0.25, 0.3) is 0 Å². The van der Waals surface area contributed by atoms with E-state index in [1.54, 1.807) is 19.2 Å². The summed E-state index contributed by atoms with van der Waals surface area (Å²) in [7, 11) is 1.72. The molecule has 2 aromatic rings. The number of amides is 1. The van der Waals surface area contributed by atoms with Gasteiger partial charge in [0.2, 0.25) is 5.91 Å². The zero-order valence-corrected chi connectivity index (χ0v) is 17.6. The molecule has 0 spiro atoms. The van der Waals surface area contributed by atoms with E-state index in [0.717, 1.165) is 31.5 Å². The standard InChI is InChI=1S/C23H30N4O3/c1-25-23(30)27(19-9-5-6-10-19)22(24-25)18-13-15-26(16-14-18)21(29)12-11-20(28)17-7-3-2-4-8-17/h2-4,7-8,18-19H,5-6,9-16H2,1H3. The maximum absolute atomic E-state index is 12.6. The lowest BCUT2D eigenvalue weighted by Crippen LogP contribution is -2.39. The molecule has 1 aromatic carbocycles. The SMILES string of the molecule is Cn1nc(C2CCN(C(=O)CCC(=O)c3ccccc3)CC2)n(C2CCCC2)c1=O. The third-order valence-electron chi connectivity index (χ3n) is 6.55. The smallest absolute Gasteiger partial charge is 0.343 e. The van der Waals surface area contributed by atoms with E-state index in [2.05, 4.69) is 5.10 Å². The highest BCUT2D eigenvalue weighted by Crippen LogP contribution is 2.33. The first-order valence-electron chi connectivity index (χ1n) is 11.1. The number of ketones is 1. The fourth-order valence-corrected chi connectivity index (χ4v) is 4.82. The van der Waals surface area contributed by atoms with Gasteiger partial charge in [0, 0.05) is 50.5 Å². The van der Waals surface area contributed by atoms with Crippen molar-refractivity contribution in [2.45, 2.75) is 63.3 Å². The minimum absolute atomic E-state index is 0.00732. The molecule has 1 amide bonds. The summed E-state index contributed by atoms with van der Waals surface area (Å²) in [5.41, 5.74) is 0.638. The minimum atomic E-state index is -0.0187. The van der Waals surface area contributed by atoms with Crippen LogP contribution in [0.4, 0.5) is 0 Å². The molecule has 2 heterocycles. The van der Waals surface area contributed by atoms with Crippen molar-refractivity contribution in [3.63, 3.8) is 0 Å². The van der Waals surface area contributed by atoms with Gasteiger partial charge in [-0.25, -0.2) is 9.48 Å². The Morgan fingerprint density at radius 2 is 1.67 bits per heavy atom. The zero-order valence-electron chi connectivity index (χ0n) is 17.6. The Morgan fingerprint density at radius 3 is 2.33 bits per heavy atom. The van der Waals surface area contributed by atoms with Crippen molar-refractivity contribution in [1.29, 1.82) is 0 Å². The molecule has 1 aliphatic carbocycles. The van der Waals surface area contributed by atoms with Crippen molar-refractivity contribution in [3.05, 3.63) is 52.2 Å². The highest BCUT2D eigenvalue weighted by molar-refractivity contribution is 5.97. The van der Waals surface area contributed by atoms with Gasteiger partial charge in [-0.2, -0.15) is 5.10 Å². The van der Waals surface area contributed by atoms with E-state index in [9.17, 15) is 14.4 Å². The van der Waals surface area contributed by atoms with Crippen molar-refractivity contribution in [1.82, 2.24) is 19.2 Å². The highest BCUT2D eigenvalue weighted by Gasteiger charge is 2.31. The lowest BCUT2D eigenvalue weighted by Gasteiger charge is -2.32. The summed E-state index contributed by atoms with van der Waals surface area (Å²) in [6.07, 6.45) is 6.53. The molecular weight excluding hydrogens is 380 g/mol. The van der Waals surface area contributed by atoms with E-state index in [0.29, 0.717) is 18.7 Å². The Kier molecular flexibility index (Phi) is 6.16. The van der Waals surface area contributed by atoms with Gasteiger partial charge >= 0.3 is 5.69 Å². The van der Waals surface area contributed by atoms with Gasteiger partial charge in [0.15, 0.2) is 5.78 Å². The quantitative estimate of drug-likeness (QED) is 0.686. The molecule has 7 heteroatoms. The van der Waals surface area contributed by atoms with Crippen molar-refractivity contribution in [3.8, 4) is 0 Å². The average Bonchev–Trinajstić information content (AvgIpc) is 3.41. The van der Waals surface area contributed by atoms with Crippen LogP contribution in [0.1, 0.15) is 79.5 Å². The summed E-state index contributed by atoms with van der Waals surface area (Å²) in [5, 5.41) is 4.56. The summed E-state index contributed by atoms with van der Waals surface area (Å²) in [5.74, 6) is 1.13. The molecule has 160 valence electrons. The molecule has 1 saturated heterocycles. The Labute approximate surface area is 176 Å². The number of carbonyl (C=O) groups excluding carboxylic acids is 2. The first-order valence-corrected chi connectivity index (χ1v) is 11.1. The Hall–Kier alpha value is -2.70. The Morgan fingerprint density at radius 1 is 1.00 bits per heavy atom. The second kappa shape index (κ2) is 8.98. The zero-order chi connectivity index (χ0) is 21.1. The number of likely N-dealkylation sites (tertiary alicyclic amines) is 1. The van der Waals surface area contributed by atoms with Crippen molar-refractivity contribution in [2.75, 3.05) is 13.1 Å². The lowest BCUT2D eigenvalue weighted by molar-refractivity contribution is -0.132. The molecule has 0 unspecified atom stereocenters. The number of rotatable bonds is 6. The number of hydrogen-bond acceptors (Lipinski definition) is 4. The first-order chi connectivity index (χ1) is 14.5. The van der Waals surface area contributed by atoms with E-state index in [1.165, 1.54) is 17.5 Å². The van der Waals surface area contributed by atoms with Gasteiger partial charge in [-0.05, 0) is 25.7 Å². The molecule has 2 fully saturated rings. The van der Waals surface area contributed by atoms with Crippen LogP contribution in [-0.2, 0) is 11.8 Å². The third-order valence-corrected chi connectivity index (χ3v) is 6.55. The van der Waals surface area contributed by atoms with E-state index in [-0.39, 0.29) is 42.2 Å². The molecule has 2 aliphatic rings. The van der Waals surface area contributed by atoms with Crippen LogP contribution in [0.5, 0.6) is 0 Å². The van der Waals surface area contributed by atoms with Gasteiger partial charge in [-0.15, -0.1) is 0 Å². The number of aromatic nitrogens is 3. The predicted octanol–water partition coefficient (Wildman–Crippen LogP) is 3.07. The Bertz CT molecular complexity index is 949. The molecule has 0 bridgehead atoms. The molecule has 1 aromatic heterocycles. The number of benzene rings is 1. The average molecular weight is 411 g/mol. The summed E-state index contributed by atoms with van der Waals surface area (Å²) < 4.78 is 3.38.